The highest BCUT2D eigenvalue weighted by Gasteiger charge is 2.16. The fraction of sp³-hybridized carbons (Fsp3) is 0.192. The molecule has 0 radical (unpaired) electrons. The molecule has 0 spiro atoms. The molecule has 6 nitrogen and oxygen atoms in total. The monoisotopic (exact) mass is 430 g/mol. The van der Waals surface area contributed by atoms with E-state index < -0.39 is 18.0 Å². The Morgan fingerprint density at radius 3 is 2.16 bits per heavy atom. The van der Waals surface area contributed by atoms with Crippen molar-refractivity contribution in [2.75, 3.05) is 0 Å². The molecule has 3 aromatic rings. The topological polar surface area (TPSA) is 88.0 Å². The molecule has 1 amide bonds. The number of amides is 1. The van der Waals surface area contributed by atoms with E-state index in [-0.39, 0.29) is 5.41 Å². The molecule has 0 aliphatic carbocycles. The summed E-state index contributed by atoms with van der Waals surface area (Å²) in [5.41, 5.74) is 5.11. The maximum Gasteiger partial charge on any atom is 0.343 e. The number of nitrogens with one attached hydrogen (secondary N) is 1. The van der Waals surface area contributed by atoms with Crippen LogP contribution in [0.1, 0.15) is 53.9 Å². The Morgan fingerprint density at radius 2 is 1.56 bits per heavy atom. The van der Waals surface area contributed by atoms with Gasteiger partial charge in [0.25, 0.3) is 5.91 Å². The fourth-order valence-corrected chi connectivity index (χ4v) is 2.91. The highest BCUT2D eigenvalue weighted by molar-refractivity contribution is 5.91. The van der Waals surface area contributed by atoms with E-state index >= 15 is 0 Å². The molecule has 0 saturated carbocycles. The molecular formula is C26H26N2O4. The van der Waals surface area contributed by atoms with Crippen molar-refractivity contribution in [3.63, 3.8) is 0 Å². The van der Waals surface area contributed by atoms with Crippen LogP contribution in [0, 0.1) is 0 Å². The number of aliphatic hydroxyl groups is 1. The maximum absolute atomic E-state index is 12.4. The van der Waals surface area contributed by atoms with Gasteiger partial charge in [-0.05, 0) is 58.5 Å². The van der Waals surface area contributed by atoms with Crippen molar-refractivity contribution in [1.29, 1.82) is 0 Å². The Hall–Kier alpha value is -3.77. The molecule has 164 valence electrons. The standard InChI is InChI=1S/C26H26N2O4/c1-26(2,3)21-13-11-20(12-14-21)25(31)32-22-15-9-18(10-16-22)17-27-28-24(30)23(29)19-7-5-4-6-8-19/h4-17,23,29H,1-3H3,(H,28,30)/b27-17-/t23-/m1/s1. The lowest BCUT2D eigenvalue weighted by atomic mass is 9.87. The maximum atomic E-state index is 12.4. The average molecular weight is 431 g/mol. The summed E-state index contributed by atoms with van der Waals surface area (Å²) in [6.45, 7) is 6.34. The molecule has 0 heterocycles. The van der Waals surface area contributed by atoms with Crippen LogP contribution in [0.25, 0.3) is 0 Å². The zero-order chi connectivity index (χ0) is 23.1. The van der Waals surface area contributed by atoms with Crippen LogP contribution in [0.15, 0.2) is 84.0 Å². The van der Waals surface area contributed by atoms with Crippen molar-refractivity contribution in [1.82, 2.24) is 5.43 Å². The number of rotatable bonds is 6. The van der Waals surface area contributed by atoms with E-state index in [4.69, 9.17) is 4.74 Å². The van der Waals surface area contributed by atoms with Crippen molar-refractivity contribution in [2.24, 2.45) is 5.10 Å². The summed E-state index contributed by atoms with van der Waals surface area (Å²) in [5.74, 6) is -0.667. The van der Waals surface area contributed by atoms with Crippen molar-refractivity contribution < 1.29 is 19.4 Å². The molecule has 3 rings (SSSR count). The molecule has 0 aromatic heterocycles. The predicted molar refractivity (Wildman–Crippen MR) is 124 cm³/mol. The van der Waals surface area contributed by atoms with Crippen LogP contribution in [0.3, 0.4) is 0 Å². The van der Waals surface area contributed by atoms with Gasteiger partial charge in [0, 0.05) is 0 Å². The molecule has 0 fully saturated rings. The summed E-state index contributed by atoms with van der Waals surface area (Å²) >= 11 is 0. The molecule has 32 heavy (non-hydrogen) atoms. The van der Waals surface area contributed by atoms with Gasteiger partial charge in [0.15, 0.2) is 6.10 Å². The second kappa shape index (κ2) is 10.0. The average Bonchev–Trinajstić information content (AvgIpc) is 2.79. The number of carbonyl (C=O) groups excluding carboxylic acids is 2. The number of ether oxygens (including phenoxy) is 1. The van der Waals surface area contributed by atoms with Gasteiger partial charge >= 0.3 is 5.97 Å². The third-order valence-corrected chi connectivity index (χ3v) is 4.83. The van der Waals surface area contributed by atoms with E-state index in [2.05, 4.69) is 31.3 Å². The molecule has 0 bridgehead atoms. The lowest BCUT2D eigenvalue weighted by Crippen LogP contribution is -2.25. The zero-order valence-corrected chi connectivity index (χ0v) is 18.3. The molecule has 6 heteroatoms. The SMILES string of the molecule is CC(C)(C)c1ccc(C(=O)Oc2ccc(/C=N\NC(=O)[C@H](O)c3ccccc3)cc2)cc1. The normalized spacial score (nSPS) is 12.4. The van der Waals surface area contributed by atoms with Gasteiger partial charge in [-0.25, -0.2) is 10.2 Å². The number of nitrogens with zero attached hydrogens (tertiary/aromatic N) is 1. The largest absolute Gasteiger partial charge is 0.423 e. The van der Waals surface area contributed by atoms with Crippen LogP contribution in [0.5, 0.6) is 5.75 Å². The van der Waals surface area contributed by atoms with Crippen LogP contribution >= 0.6 is 0 Å². The molecule has 0 unspecified atom stereocenters. The highest BCUT2D eigenvalue weighted by atomic mass is 16.5. The first-order valence-electron chi connectivity index (χ1n) is 10.2. The van der Waals surface area contributed by atoms with Crippen LogP contribution in [0.4, 0.5) is 0 Å². The van der Waals surface area contributed by atoms with Gasteiger partial charge in [-0.15, -0.1) is 0 Å². The third kappa shape index (κ3) is 6.12. The lowest BCUT2D eigenvalue weighted by molar-refractivity contribution is -0.129. The Kier molecular flexibility index (Phi) is 7.18. The lowest BCUT2D eigenvalue weighted by Gasteiger charge is -2.18. The highest BCUT2D eigenvalue weighted by Crippen LogP contribution is 2.22. The first-order valence-corrected chi connectivity index (χ1v) is 10.2. The predicted octanol–water partition coefficient (Wildman–Crippen LogP) is 4.39. The number of esters is 1. The van der Waals surface area contributed by atoms with E-state index in [1.54, 1.807) is 66.7 Å². The number of benzene rings is 3. The summed E-state index contributed by atoms with van der Waals surface area (Å²) in [7, 11) is 0. The molecular weight excluding hydrogens is 404 g/mol. The summed E-state index contributed by atoms with van der Waals surface area (Å²) in [5, 5.41) is 13.9. The fourth-order valence-electron chi connectivity index (χ4n) is 2.91. The first-order chi connectivity index (χ1) is 15.2. The zero-order valence-electron chi connectivity index (χ0n) is 18.3. The van der Waals surface area contributed by atoms with Crippen molar-refractivity contribution >= 4 is 18.1 Å². The quantitative estimate of drug-likeness (QED) is 0.263. The minimum absolute atomic E-state index is 0.0128. The Labute approximate surface area is 187 Å². The number of aliphatic hydroxyl groups excluding tert-OH is 1. The Bertz CT molecular complexity index is 1080. The van der Waals surface area contributed by atoms with E-state index in [9.17, 15) is 14.7 Å². The summed E-state index contributed by atoms with van der Waals surface area (Å²) < 4.78 is 5.42. The molecule has 2 N–H and O–H groups in total. The van der Waals surface area contributed by atoms with Gasteiger partial charge in [-0.1, -0.05) is 63.2 Å². The second-order valence-electron chi connectivity index (χ2n) is 8.33. The van der Waals surface area contributed by atoms with Gasteiger partial charge < -0.3 is 9.84 Å². The molecule has 3 aromatic carbocycles. The van der Waals surface area contributed by atoms with Gasteiger partial charge in [0.05, 0.1) is 11.8 Å². The third-order valence-electron chi connectivity index (χ3n) is 4.83. The summed E-state index contributed by atoms with van der Waals surface area (Å²) in [6.07, 6.45) is 0.138. The van der Waals surface area contributed by atoms with Crippen molar-refractivity contribution in [3.8, 4) is 5.75 Å². The van der Waals surface area contributed by atoms with Crippen LogP contribution in [-0.2, 0) is 10.2 Å². The summed E-state index contributed by atoms with van der Waals surface area (Å²) in [6, 6.07) is 22.7. The van der Waals surface area contributed by atoms with E-state index in [1.807, 2.05) is 12.1 Å². The molecule has 0 saturated heterocycles. The van der Waals surface area contributed by atoms with Gasteiger partial charge in [0.2, 0.25) is 0 Å². The van der Waals surface area contributed by atoms with E-state index in [0.717, 1.165) is 5.56 Å². The molecule has 1 atom stereocenters. The van der Waals surface area contributed by atoms with Crippen LogP contribution < -0.4 is 10.2 Å². The molecule has 0 aliphatic rings. The van der Waals surface area contributed by atoms with Gasteiger partial charge in [-0.2, -0.15) is 5.10 Å². The minimum atomic E-state index is -1.30. The van der Waals surface area contributed by atoms with Gasteiger partial charge in [0.1, 0.15) is 5.75 Å². The number of hydrogen-bond donors (Lipinski definition) is 2. The number of hydrazone groups is 1. The Morgan fingerprint density at radius 1 is 0.938 bits per heavy atom. The smallest absolute Gasteiger partial charge is 0.343 e. The van der Waals surface area contributed by atoms with Crippen molar-refractivity contribution in [3.05, 3.63) is 101 Å². The summed E-state index contributed by atoms with van der Waals surface area (Å²) in [4.78, 5) is 24.4. The minimum Gasteiger partial charge on any atom is -0.423 e. The van der Waals surface area contributed by atoms with E-state index in [0.29, 0.717) is 22.4 Å². The van der Waals surface area contributed by atoms with Crippen LogP contribution in [0.2, 0.25) is 0 Å². The van der Waals surface area contributed by atoms with Crippen LogP contribution in [-0.4, -0.2) is 23.2 Å². The van der Waals surface area contributed by atoms with E-state index in [1.165, 1.54) is 6.21 Å². The number of carbonyl (C=O) groups is 2. The van der Waals surface area contributed by atoms with Crippen molar-refractivity contribution in [2.45, 2.75) is 32.3 Å². The first kappa shape index (κ1) is 22.9. The van der Waals surface area contributed by atoms with Gasteiger partial charge in [-0.3, -0.25) is 4.79 Å². The second-order valence-corrected chi connectivity index (χ2v) is 8.33. The number of hydrogen-bond acceptors (Lipinski definition) is 5. The Balaban J connectivity index is 1.54. The molecule has 0 aliphatic heterocycles.